The molecule has 2 aliphatic heterocycles. The van der Waals surface area contributed by atoms with Crippen molar-refractivity contribution in [3.63, 3.8) is 0 Å². The van der Waals surface area contributed by atoms with Crippen molar-refractivity contribution in [3.8, 4) is 0 Å². The van der Waals surface area contributed by atoms with Crippen molar-refractivity contribution in [2.24, 2.45) is 17.8 Å². The van der Waals surface area contributed by atoms with Gasteiger partial charge in [-0.15, -0.1) is 0 Å². The first-order valence-electron chi connectivity index (χ1n) is 11.0. The van der Waals surface area contributed by atoms with E-state index >= 15 is 0 Å². The molecule has 2 bridgehead atoms. The van der Waals surface area contributed by atoms with Crippen molar-refractivity contribution in [1.29, 1.82) is 0 Å². The maximum Gasteiger partial charge on any atom is 0.0984 e. The molecule has 2 saturated heterocycles. The van der Waals surface area contributed by atoms with Crippen LogP contribution in [0.15, 0.2) is 42.5 Å². The largest absolute Gasteiger partial charge is 0.360 e. The van der Waals surface area contributed by atoms with Crippen LogP contribution in [0.25, 0.3) is 0 Å². The monoisotopic (exact) mass is 353 g/mol. The average Bonchev–Trinajstić information content (AvgIpc) is 3.33. The third-order valence-corrected chi connectivity index (χ3v) is 7.76. The fourth-order valence-electron chi connectivity index (χ4n) is 6.24. The molecule has 2 aliphatic carbocycles. The zero-order valence-electron chi connectivity index (χ0n) is 16.1. The van der Waals surface area contributed by atoms with E-state index in [0.29, 0.717) is 0 Å². The van der Waals surface area contributed by atoms with Crippen LogP contribution in [-0.4, -0.2) is 51.9 Å². The summed E-state index contributed by atoms with van der Waals surface area (Å²) in [5, 5.41) is 0. The molecule has 1 saturated carbocycles. The summed E-state index contributed by atoms with van der Waals surface area (Å²) in [6.45, 7) is 9.41. The number of benzene rings is 1. The summed E-state index contributed by atoms with van der Waals surface area (Å²) in [7, 11) is 0. The lowest BCUT2D eigenvalue weighted by Gasteiger charge is -2.40. The van der Waals surface area contributed by atoms with Crippen LogP contribution in [0.5, 0.6) is 0 Å². The zero-order valence-corrected chi connectivity index (χ0v) is 16.1. The van der Waals surface area contributed by atoms with Gasteiger partial charge < -0.3 is 14.7 Å². The summed E-state index contributed by atoms with van der Waals surface area (Å²) in [5.41, 5.74) is 1.41. The summed E-state index contributed by atoms with van der Waals surface area (Å²) in [5.74, 6) is 2.87. The van der Waals surface area contributed by atoms with E-state index in [1.165, 1.54) is 77.2 Å². The number of nitrogens with one attached hydrogen (secondary N) is 2. The van der Waals surface area contributed by atoms with Gasteiger partial charge in [-0.3, -0.25) is 0 Å². The summed E-state index contributed by atoms with van der Waals surface area (Å²) in [6, 6.07) is 11.9. The second-order valence-corrected chi connectivity index (χ2v) is 9.25. The Morgan fingerprint density at radius 1 is 0.885 bits per heavy atom. The first kappa shape index (κ1) is 16.8. The Balaban J connectivity index is 1.07. The molecule has 26 heavy (non-hydrogen) atoms. The average molecular weight is 354 g/mol. The van der Waals surface area contributed by atoms with Crippen molar-refractivity contribution in [2.75, 3.05) is 50.7 Å². The van der Waals surface area contributed by atoms with Gasteiger partial charge in [-0.1, -0.05) is 30.4 Å². The SMILES string of the molecule is C1=C[C@H]2C[C@@H]1C[C@H]2C[NH+]1CCC([NH+]2CCN(c3ccccc3)CC2)CC1. The Morgan fingerprint density at radius 3 is 2.31 bits per heavy atom. The minimum Gasteiger partial charge on any atom is -0.360 e. The lowest BCUT2D eigenvalue weighted by atomic mass is 9.92. The van der Waals surface area contributed by atoms with Gasteiger partial charge in [0.15, 0.2) is 0 Å². The standard InChI is InChI=1S/C23H33N3/c1-2-4-22(5-3-1)25-12-14-26(15-13-25)23-8-10-24(11-9-23)18-21-17-19-6-7-20(21)16-19/h1-7,19-21,23H,8-18H2/p+2/t19-,20+,21+/m1/s1. The molecular formula is C23H35N3+2. The van der Waals surface area contributed by atoms with Crippen LogP contribution in [0.1, 0.15) is 25.7 Å². The van der Waals surface area contributed by atoms with Gasteiger partial charge in [0.05, 0.1) is 51.9 Å². The maximum atomic E-state index is 2.58. The van der Waals surface area contributed by atoms with Crippen LogP contribution in [0.3, 0.4) is 0 Å². The second-order valence-electron chi connectivity index (χ2n) is 9.25. The summed E-state index contributed by atoms with van der Waals surface area (Å²) in [4.78, 5) is 6.38. The van der Waals surface area contributed by atoms with E-state index in [4.69, 9.17) is 0 Å². The topological polar surface area (TPSA) is 12.1 Å². The molecule has 2 heterocycles. The van der Waals surface area contributed by atoms with Crippen molar-refractivity contribution in [2.45, 2.75) is 31.7 Å². The number of hydrogen-bond donors (Lipinski definition) is 2. The van der Waals surface area contributed by atoms with Gasteiger partial charge in [-0.25, -0.2) is 0 Å². The number of rotatable bonds is 4. The zero-order chi connectivity index (χ0) is 17.3. The lowest BCUT2D eigenvalue weighted by Crippen LogP contribution is -3.22. The Hall–Kier alpha value is -1.32. The molecule has 0 spiro atoms. The van der Waals surface area contributed by atoms with E-state index in [9.17, 15) is 0 Å². The summed E-state index contributed by atoms with van der Waals surface area (Å²) >= 11 is 0. The van der Waals surface area contributed by atoms with Crippen molar-refractivity contribution >= 4 is 5.69 Å². The molecular weight excluding hydrogens is 318 g/mol. The van der Waals surface area contributed by atoms with Crippen LogP contribution in [0.4, 0.5) is 5.69 Å². The molecule has 3 fully saturated rings. The van der Waals surface area contributed by atoms with E-state index in [2.05, 4.69) is 47.4 Å². The fraction of sp³-hybridized carbons (Fsp3) is 0.652. The summed E-state index contributed by atoms with van der Waals surface area (Å²) < 4.78 is 0. The van der Waals surface area contributed by atoms with Crippen LogP contribution >= 0.6 is 0 Å². The van der Waals surface area contributed by atoms with Crippen LogP contribution in [0.2, 0.25) is 0 Å². The molecule has 0 amide bonds. The molecule has 3 heteroatoms. The predicted octanol–water partition coefficient (Wildman–Crippen LogP) is 0.651. The first-order valence-corrected chi connectivity index (χ1v) is 11.0. The number of para-hydroxylation sites is 1. The van der Waals surface area contributed by atoms with Crippen LogP contribution in [0, 0.1) is 17.8 Å². The number of piperazine rings is 1. The third kappa shape index (κ3) is 3.44. The molecule has 3 nitrogen and oxygen atoms in total. The Bertz CT molecular complexity index is 612. The Labute approximate surface area is 158 Å². The molecule has 0 radical (unpaired) electrons. The molecule has 0 aromatic heterocycles. The highest BCUT2D eigenvalue weighted by Gasteiger charge is 2.39. The molecule has 1 aromatic rings. The number of anilines is 1. The van der Waals surface area contributed by atoms with Gasteiger partial charge in [0, 0.05) is 24.4 Å². The van der Waals surface area contributed by atoms with Crippen LogP contribution < -0.4 is 14.7 Å². The van der Waals surface area contributed by atoms with E-state index in [0.717, 1.165) is 23.8 Å². The number of nitrogens with zero attached hydrogens (tertiary/aromatic N) is 1. The summed E-state index contributed by atoms with van der Waals surface area (Å²) in [6.07, 6.45) is 10.9. The maximum absolute atomic E-state index is 2.58. The van der Waals surface area contributed by atoms with E-state index < -0.39 is 0 Å². The fourth-order valence-corrected chi connectivity index (χ4v) is 6.24. The van der Waals surface area contributed by atoms with Crippen molar-refractivity contribution in [1.82, 2.24) is 0 Å². The van der Waals surface area contributed by atoms with Crippen molar-refractivity contribution in [3.05, 3.63) is 42.5 Å². The van der Waals surface area contributed by atoms with Gasteiger partial charge in [-0.2, -0.15) is 0 Å². The van der Waals surface area contributed by atoms with Crippen LogP contribution in [-0.2, 0) is 0 Å². The third-order valence-electron chi connectivity index (χ3n) is 7.76. The molecule has 140 valence electrons. The number of hydrogen-bond acceptors (Lipinski definition) is 1. The highest BCUT2D eigenvalue weighted by atomic mass is 15.3. The minimum atomic E-state index is 0.927. The van der Waals surface area contributed by atoms with E-state index in [-0.39, 0.29) is 0 Å². The molecule has 2 N–H and O–H groups in total. The number of allylic oxidation sites excluding steroid dienone is 2. The van der Waals surface area contributed by atoms with Gasteiger partial charge in [0.25, 0.3) is 0 Å². The Morgan fingerprint density at radius 2 is 1.65 bits per heavy atom. The highest BCUT2D eigenvalue weighted by Crippen LogP contribution is 2.42. The highest BCUT2D eigenvalue weighted by molar-refractivity contribution is 5.46. The molecule has 4 aliphatic rings. The van der Waals surface area contributed by atoms with E-state index in [1.54, 1.807) is 0 Å². The van der Waals surface area contributed by atoms with E-state index in [1.807, 2.05) is 9.80 Å². The molecule has 3 atom stereocenters. The quantitative estimate of drug-likeness (QED) is 0.758. The normalized spacial score (nSPS) is 37.4. The van der Waals surface area contributed by atoms with Gasteiger partial charge in [0.1, 0.15) is 0 Å². The van der Waals surface area contributed by atoms with Crippen molar-refractivity contribution < 1.29 is 9.80 Å². The lowest BCUT2D eigenvalue weighted by molar-refractivity contribution is -0.959. The Kier molecular flexibility index (Phi) is 4.76. The number of quaternary nitrogens is 2. The molecule has 0 unspecified atom stereocenters. The number of fused-ring (bicyclic) bond motifs is 2. The first-order chi connectivity index (χ1) is 12.8. The van der Waals surface area contributed by atoms with Gasteiger partial charge >= 0.3 is 0 Å². The minimum absolute atomic E-state index is 0.927. The van der Waals surface area contributed by atoms with Gasteiger partial charge in [-0.05, 0) is 36.8 Å². The number of likely N-dealkylation sites (tertiary alicyclic amines) is 1. The molecule has 1 aromatic carbocycles. The number of piperidine rings is 1. The molecule has 5 rings (SSSR count). The smallest absolute Gasteiger partial charge is 0.0984 e. The predicted molar refractivity (Wildman–Crippen MR) is 107 cm³/mol. The second kappa shape index (κ2) is 7.36. The van der Waals surface area contributed by atoms with Gasteiger partial charge in [0.2, 0.25) is 0 Å².